The molecule has 100 valence electrons. The van der Waals surface area contributed by atoms with Crippen LogP contribution in [0.15, 0.2) is 42.5 Å². The molecule has 0 bridgehead atoms. The number of benzene rings is 2. The molecule has 0 amide bonds. The second-order valence-corrected chi connectivity index (χ2v) is 4.46. The Hall–Kier alpha value is -1.52. The summed E-state index contributed by atoms with van der Waals surface area (Å²) >= 11 is 6.01. The van der Waals surface area contributed by atoms with Gasteiger partial charge in [-0.25, -0.2) is 0 Å². The van der Waals surface area contributed by atoms with Crippen molar-refractivity contribution < 1.29 is 13.2 Å². The Morgan fingerprint density at radius 3 is 2.37 bits per heavy atom. The average Bonchev–Trinajstić information content (AvgIpc) is 2.37. The average molecular weight is 286 g/mol. The molecule has 2 N–H and O–H groups in total. The molecule has 0 unspecified atom stereocenters. The number of alkyl halides is 3. The van der Waals surface area contributed by atoms with E-state index >= 15 is 0 Å². The fourth-order valence-corrected chi connectivity index (χ4v) is 2.15. The molecule has 1 nitrogen and oxygen atoms in total. The van der Waals surface area contributed by atoms with E-state index in [0.717, 1.165) is 12.1 Å². The summed E-state index contributed by atoms with van der Waals surface area (Å²) < 4.78 is 38.1. The smallest absolute Gasteiger partial charge is 0.326 e. The lowest BCUT2D eigenvalue weighted by atomic mass is 9.98. The SMILES string of the molecule is NCc1c(Cl)cccc1-c1cccc(C(F)(F)F)c1. The molecule has 0 atom stereocenters. The summed E-state index contributed by atoms with van der Waals surface area (Å²) in [5.41, 5.74) is 6.64. The van der Waals surface area contributed by atoms with E-state index in [2.05, 4.69) is 0 Å². The first-order valence-electron chi connectivity index (χ1n) is 5.58. The first-order valence-corrected chi connectivity index (χ1v) is 5.96. The van der Waals surface area contributed by atoms with Gasteiger partial charge in [-0.1, -0.05) is 35.9 Å². The Kier molecular flexibility index (Phi) is 3.83. The van der Waals surface area contributed by atoms with Crippen molar-refractivity contribution in [2.75, 3.05) is 0 Å². The molecule has 5 heteroatoms. The molecule has 0 aliphatic heterocycles. The lowest BCUT2D eigenvalue weighted by Crippen LogP contribution is -2.05. The Labute approximate surface area is 113 Å². The zero-order valence-corrected chi connectivity index (χ0v) is 10.6. The van der Waals surface area contributed by atoms with Crippen LogP contribution in [0, 0.1) is 0 Å². The number of halogens is 4. The first-order chi connectivity index (χ1) is 8.93. The van der Waals surface area contributed by atoms with Gasteiger partial charge < -0.3 is 5.73 Å². The van der Waals surface area contributed by atoms with Gasteiger partial charge in [0.1, 0.15) is 0 Å². The van der Waals surface area contributed by atoms with E-state index in [0.29, 0.717) is 21.7 Å². The van der Waals surface area contributed by atoms with Gasteiger partial charge >= 0.3 is 6.18 Å². The van der Waals surface area contributed by atoms with E-state index in [-0.39, 0.29) is 6.54 Å². The molecule has 0 aromatic heterocycles. The van der Waals surface area contributed by atoms with E-state index < -0.39 is 11.7 Å². The third kappa shape index (κ3) is 2.91. The molecular formula is C14H11ClF3N. The van der Waals surface area contributed by atoms with Crippen LogP contribution in [0.1, 0.15) is 11.1 Å². The molecule has 0 saturated carbocycles. The minimum Gasteiger partial charge on any atom is -0.326 e. The highest BCUT2D eigenvalue weighted by atomic mass is 35.5. The normalized spacial score (nSPS) is 11.6. The maximum absolute atomic E-state index is 12.7. The highest BCUT2D eigenvalue weighted by molar-refractivity contribution is 6.31. The molecule has 0 fully saturated rings. The molecule has 0 aliphatic carbocycles. The lowest BCUT2D eigenvalue weighted by molar-refractivity contribution is -0.137. The molecule has 2 aromatic rings. The fraction of sp³-hybridized carbons (Fsp3) is 0.143. The Morgan fingerprint density at radius 2 is 1.74 bits per heavy atom. The number of hydrogen-bond donors (Lipinski definition) is 1. The van der Waals surface area contributed by atoms with Crippen molar-refractivity contribution in [2.24, 2.45) is 5.73 Å². The van der Waals surface area contributed by atoms with Gasteiger partial charge in [0.15, 0.2) is 0 Å². The van der Waals surface area contributed by atoms with Crippen LogP contribution in [0.4, 0.5) is 13.2 Å². The summed E-state index contributed by atoms with van der Waals surface area (Å²) in [5.74, 6) is 0. The van der Waals surface area contributed by atoms with E-state index in [4.69, 9.17) is 17.3 Å². The van der Waals surface area contributed by atoms with Gasteiger partial charge in [-0.05, 0) is 34.9 Å². The molecular weight excluding hydrogens is 275 g/mol. The van der Waals surface area contributed by atoms with E-state index in [1.165, 1.54) is 6.07 Å². The number of hydrogen-bond acceptors (Lipinski definition) is 1. The number of rotatable bonds is 2. The van der Waals surface area contributed by atoms with Crippen LogP contribution in [0.25, 0.3) is 11.1 Å². The largest absolute Gasteiger partial charge is 0.416 e. The second kappa shape index (κ2) is 5.23. The van der Waals surface area contributed by atoms with E-state index in [1.54, 1.807) is 24.3 Å². The fourth-order valence-electron chi connectivity index (χ4n) is 1.90. The quantitative estimate of drug-likeness (QED) is 0.865. The third-order valence-corrected chi connectivity index (χ3v) is 3.18. The second-order valence-electron chi connectivity index (χ2n) is 4.05. The molecule has 0 radical (unpaired) electrons. The van der Waals surface area contributed by atoms with Gasteiger partial charge in [-0.15, -0.1) is 0 Å². The summed E-state index contributed by atoms with van der Waals surface area (Å²) in [5, 5.41) is 0.456. The molecule has 0 spiro atoms. The van der Waals surface area contributed by atoms with Crippen LogP contribution in [-0.4, -0.2) is 0 Å². The predicted molar refractivity (Wildman–Crippen MR) is 69.8 cm³/mol. The van der Waals surface area contributed by atoms with Gasteiger partial charge in [0.05, 0.1) is 5.56 Å². The minimum absolute atomic E-state index is 0.172. The van der Waals surface area contributed by atoms with Gasteiger partial charge in [0.25, 0.3) is 0 Å². The van der Waals surface area contributed by atoms with Crippen LogP contribution in [0.3, 0.4) is 0 Å². The van der Waals surface area contributed by atoms with Crippen LogP contribution < -0.4 is 5.73 Å². The van der Waals surface area contributed by atoms with Gasteiger partial charge in [0.2, 0.25) is 0 Å². The number of nitrogens with two attached hydrogens (primary N) is 1. The van der Waals surface area contributed by atoms with Crippen molar-refractivity contribution in [1.82, 2.24) is 0 Å². The highest BCUT2D eigenvalue weighted by Crippen LogP contribution is 2.34. The van der Waals surface area contributed by atoms with Crippen molar-refractivity contribution in [3.8, 4) is 11.1 Å². The van der Waals surface area contributed by atoms with Crippen molar-refractivity contribution in [1.29, 1.82) is 0 Å². The predicted octanol–water partition coefficient (Wildman–Crippen LogP) is 4.48. The first kappa shape index (κ1) is 13.9. The van der Waals surface area contributed by atoms with Crippen LogP contribution in [0.2, 0.25) is 5.02 Å². The third-order valence-electron chi connectivity index (χ3n) is 2.82. The lowest BCUT2D eigenvalue weighted by Gasteiger charge is -2.12. The van der Waals surface area contributed by atoms with Gasteiger partial charge in [-0.2, -0.15) is 13.2 Å². The highest BCUT2D eigenvalue weighted by Gasteiger charge is 2.30. The summed E-state index contributed by atoms with van der Waals surface area (Å²) in [6, 6.07) is 10.2. The minimum atomic E-state index is -4.36. The monoisotopic (exact) mass is 285 g/mol. The molecule has 19 heavy (non-hydrogen) atoms. The molecule has 2 aromatic carbocycles. The zero-order valence-electron chi connectivity index (χ0n) is 9.84. The Bertz CT molecular complexity index is 593. The van der Waals surface area contributed by atoms with Crippen molar-refractivity contribution in [3.63, 3.8) is 0 Å². The maximum atomic E-state index is 12.7. The van der Waals surface area contributed by atoms with Crippen molar-refractivity contribution >= 4 is 11.6 Å². The molecule has 0 aliphatic rings. The topological polar surface area (TPSA) is 26.0 Å². The molecule has 0 heterocycles. The standard InChI is InChI=1S/C14H11ClF3N/c15-13-6-2-5-11(12(13)8-19)9-3-1-4-10(7-9)14(16,17)18/h1-7H,8,19H2. The van der Waals surface area contributed by atoms with Crippen LogP contribution in [0.5, 0.6) is 0 Å². The molecule has 2 rings (SSSR count). The Balaban J connectivity index is 2.57. The van der Waals surface area contributed by atoms with Crippen molar-refractivity contribution in [3.05, 3.63) is 58.6 Å². The van der Waals surface area contributed by atoms with E-state index in [1.807, 2.05) is 0 Å². The summed E-state index contributed by atoms with van der Waals surface area (Å²) in [7, 11) is 0. The van der Waals surface area contributed by atoms with Gasteiger partial charge in [0, 0.05) is 11.6 Å². The summed E-state index contributed by atoms with van der Waals surface area (Å²) in [6.45, 7) is 0.172. The maximum Gasteiger partial charge on any atom is 0.416 e. The van der Waals surface area contributed by atoms with Crippen LogP contribution >= 0.6 is 11.6 Å². The molecule has 0 saturated heterocycles. The summed E-state index contributed by atoms with van der Waals surface area (Å²) in [4.78, 5) is 0. The summed E-state index contributed by atoms with van der Waals surface area (Å²) in [6.07, 6.45) is -4.36. The van der Waals surface area contributed by atoms with Crippen LogP contribution in [-0.2, 0) is 12.7 Å². The van der Waals surface area contributed by atoms with E-state index in [9.17, 15) is 13.2 Å². The van der Waals surface area contributed by atoms with Gasteiger partial charge in [-0.3, -0.25) is 0 Å². The Morgan fingerprint density at radius 1 is 1.05 bits per heavy atom. The zero-order chi connectivity index (χ0) is 14.0. The van der Waals surface area contributed by atoms with Crippen molar-refractivity contribution in [2.45, 2.75) is 12.7 Å².